The van der Waals surface area contributed by atoms with Crippen molar-refractivity contribution in [3.63, 3.8) is 0 Å². The van der Waals surface area contributed by atoms with Gasteiger partial charge < -0.3 is 15.3 Å². The molecule has 2 saturated carbocycles. The van der Waals surface area contributed by atoms with Crippen molar-refractivity contribution in [2.75, 3.05) is 0 Å². The normalized spacial score (nSPS) is 40.3. The summed E-state index contributed by atoms with van der Waals surface area (Å²) in [5.74, 6) is -0.646. The molecule has 3 N–H and O–H groups in total. The number of rotatable bonds is 5. The van der Waals surface area contributed by atoms with Crippen LogP contribution < -0.4 is 0 Å². The lowest BCUT2D eigenvalue weighted by molar-refractivity contribution is -0.165. The highest BCUT2D eigenvalue weighted by molar-refractivity contribution is 5.75. The first kappa shape index (κ1) is 19.2. The fourth-order valence-corrected chi connectivity index (χ4v) is 5.24. The van der Waals surface area contributed by atoms with E-state index in [0.29, 0.717) is 12.8 Å². The van der Waals surface area contributed by atoms with Gasteiger partial charge in [0.25, 0.3) is 0 Å². The van der Waals surface area contributed by atoms with Gasteiger partial charge in [0.1, 0.15) is 5.60 Å². The number of carbonyl (C=O) groups is 1. The minimum Gasteiger partial charge on any atom is -0.481 e. The summed E-state index contributed by atoms with van der Waals surface area (Å²) in [5, 5.41) is 30.6. The molecule has 0 aromatic rings. The van der Waals surface area contributed by atoms with Crippen LogP contribution in [0.4, 0.5) is 0 Å². The molecule has 136 valence electrons. The van der Waals surface area contributed by atoms with Gasteiger partial charge >= 0.3 is 5.97 Å². The molecule has 0 amide bonds. The first-order valence-electron chi connectivity index (χ1n) is 8.94. The van der Waals surface area contributed by atoms with Crippen LogP contribution in [-0.4, -0.2) is 33.0 Å². The minimum atomic E-state index is -1.35. The van der Waals surface area contributed by atoms with Gasteiger partial charge in [-0.3, -0.25) is 4.79 Å². The maximum Gasteiger partial charge on any atom is 0.309 e. The highest BCUT2D eigenvalue weighted by Crippen LogP contribution is 2.62. The maximum absolute atomic E-state index is 12.0. The van der Waals surface area contributed by atoms with Gasteiger partial charge in [0.2, 0.25) is 0 Å². The van der Waals surface area contributed by atoms with Gasteiger partial charge in [-0.05, 0) is 63.2 Å². The Balaban J connectivity index is 2.35. The third-order valence-electron chi connectivity index (χ3n) is 7.06. The summed E-state index contributed by atoms with van der Waals surface area (Å²) < 4.78 is 0. The molecule has 6 atom stereocenters. The number of carboxylic acids is 1. The third-order valence-corrected chi connectivity index (χ3v) is 7.06. The van der Waals surface area contributed by atoms with Crippen molar-refractivity contribution in [3.05, 3.63) is 24.8 Å². The van der Waals surface area contributed by atoms with Crippen LogP contribution in [0.15, 0.2) is 24.8 Å². The van der Waals surface area contributed by atoms with Crippen molar-refractivity contribution < 1.29 is 20.1 Å². The molecule has 2 aliphatic rings. The van der Waals surface area contributed by atoms with E-state index in [1.807, 2.05) is 6.92 Å². The topological polar surface area (TPSA) is 77.8 Å². The molecular formula is C20H32O4. The van der Waals surface area contributed by atoms with Gasteiger partial charge in [-0.2, -0.15) is 0 Å². The van der Waals surface area contributed by atoms with E-state index in [1.54, 1.807) is 6.92 Å². The van der Waals surface area contributed by atoms with Crippen LogP contribution in [-0.2, 0) is 4.79 Å². The van der Waals surface area contributed by atoms with Crippen molar-refractivity contribution in [1.82, 2.24) is 0 Å². The van der Waals surface area contributed by atoms with Crippen molar-refractivity contribution in [2.45, 2.75) is 71.0 Å². The number of hydrogen-bond donors (Lipinski definition) is 3. The molecule has 24 heavy (non-hydrogen) atoms. The number of aliphatic carboxylic acids is 1. The molecule has 4 nitrogen and oxygen atoms in total. The molecule has 0 heterocycles. The monoisotopic (exact) mass is 336 g/mol. The number of carboxylic acid groups (broad SMARTS) is 1. The van der Waals surface area contributed by atoms with Crippen LogP contribution in [0.25, 0.3) is 0 Å². The maximum atomic E-state index is 12.0. The molecule has 0 unspecified atom stereocenters. The van der Waals surface area contributed by atoms with Crippen molar-refractivity contribution in [2.24, 2.45) is 22.7 Å². The van der Waals surface area contributed by atoms with Gasteiger partial charge in [0.15, 0.2) is 0 Å². The van der Waals surface area contributed by atoms with E-state index in [0.717, 1.165) is 31.3 Å². The number of aliphatic hydroxyl groups excluding tert-OH is 1. The Kier molecular flexibility index (Phi) is 5.04. The summed E-state index contributed by atoms with van der Waals surface area (Å²) in [7, 11) is 0. The first-order chi connectivity index (χ1) is 11.0. The number of hydrogen-bond acceptors (Lipinski definition) is 3. The highest BCUT2D eigenvalue weighted by Gasteiger charge is 2.57. The smallest absolute Gasteiger partial charge is 0.309 e. The fourth-order valence-electron chi connectivity index (χ4n) is 5.24. The second kappa shape index (κ2) is 6.30. The summed E-state index contributed by atoms with van der Waals surface area (Å²) in [6.07, 6.45) is 4.95. The zero-order chi connectivity index (χ0) is 18.3. The van der Waals surface area contributed by atoms with Gasteiger partial charge in [-0.1, -0.05) is 31.6 Å². The number of aliphatic hydroxyl groups is 2. The lowest BCUT2D eigenvalue weighted by Gasteiger charge is -2.57. The van der Waals surface area contributed by atoms with Crippen LogP contribution in [0.3, 0.4) is 0 Å². The predicted molar refractivity (Wildman–Crippen MR) is 94.5 cm³/mol. The van der Waals surface area contributed by atoms with E-state index in [-0.39, 0.29) is 17.3 Å². The van der Waals surface area contributed by atoms with Crippen LogP contribution in [0.1, 0.15) is 59.3 Å². The molecule has 0 saturated heterocycles. The Morgan fingerprint density at radius 1 is 1.46 bits per heavy atom. The van der Waals surface area contributed by atoms with Gasteiger partial charge in [-0.15, -0.1) is 6.58 Å². The zero-order valence-electron chi connectivity index (χ0n) is 15.2. The summed E-state index contributed by atoms with van der Waals surface area (Å²) >= 11 is 0. The van der Waals surface area contributed by atoms with E-state index in [1.165, 1.54) is 6.08 Å². The highest BCUT2D eigenvalue weighted by atomic mass is 16.4. The van der Waals surface area contributed by atoms with E-state index >= 15 is 0 Å². The largest absolute Gasteiger partial charge is 0.481 e. The second-order valence-electron chi connectivity index (χ2n) is 8.57. The average molecular weight is 336 g/mol. The van der Waals surface area contributed by atoms with E-state index in [4.69, 9.17) is 0 Å². The lowest BCUT2D eigenvalue weighted by atomic mass is 9.46. The molecule has 0 bridgehead atoms. The number of allylic oxidation sites excluding steroid dienone is 1. The van der Waals surface area contributed by atoms with Gasteiger partial charge in [-0.25, -0.2) is 0 Å². The molecule has 2 aliphatic carbocycles. The Morgan fingerprint density at radius 3 is 2.62 bits per heavy atom. The average Bonchev–Trinajstić information content (AvgIpc) is 2.50. The molecule has 0 spiro atoms. The second-order valence-corrected chi connectivity index (χ2v) is 8.57. The van der Waals surface area contributed by atoms with Crippen molar-refractivity contribution in [1.29, 1.82) is 0 Å². The Labute approximate surface area is 145 Å². The molecule has 0 aliphatic heterocycles. The molecule has 2 fully saturated rings. The van der Waals surface area contributed by atoms with E-state index < -0.39 is 23.1 Å². The zero-order valence-corrected chi connectivity index (χ0v) is 15.2. The quantitative estimate of drug-likeness (QED) is 0.671. The summed E-state index contributed by atoms with van der Waals surface area (Å²) in [6.45, 7) is 13.4. The van der Waals surface area contributed by atoms with E-state index in [9.17, 15) is 20.1 Å². The molecule has 0 radical (unpaired) electrons. The lowest BCUT2D eigenvalue weighted by Crippen LogP contribution is -2.54. The summed E-state index contributed by atoms with van der Waals surface area (Å²) in [5.41, 5.74) is -1.21. The summed E-state index contributed by atoms with van der Waals surface area (Å²) in [6, 6.07) is 0. The van der Waals surface area contributed by atoms with Gasteiger partial charge in [0, 0.05) is 0 Å². The van der Waals surface area contributed by atoms with Crippen LogP contribution in [0, 0.1) is 22.7 Å². The van der Waals surface area contributed by atoms with Crippen LogP contribution >= 0.6 is 0 Å². The first-order valence-corrected chi connectivity index (χ1v) is 8.94. The minimum absolute atomic E-state index is 0.0108. The molecule has 0 aromatic heterocycles. The molecule has 2 rings (SSSR count). The Hall–Kier alpha value is -1.13. The third kappa shape index (κ3) is 2.95. The molecule has 0 aromatic carbocycles. The Bertz CT molecular complexity index is 538. The van der Waals surface area contributed by atoms with Crippen LogP contribution in [0.2, 0.25) is 0 Å². The number of fused-ring (bicyclic) bond motifs is 1. The van der Waals surface area contributed by atoms with Gasteiger partial charge in [0.05, 0.1) is 11.5 Å². The SMILES string of the molecule is C=C[C@@](C)(O)[C@@H](O)C[C@H]1C(=C)CC[C@@H]2[C@]1(C)CCC[C@]2(C)C(=O)O. The fraction of sp³-hybridized carbons (Fsp3) is 0.750. The standard InChI is InChI=1S/C20H32O4/c1-6-20(5,24)16(21)12-14-13(2)8-9-15-18(14,3)10-7-11-19(15,4)17(22)23/h6,14-16,21,24H,1-2,7-12H2,3-5H3,(H,22,23)/t14-,15+,16-,18+,19-,20+/m0/s1. The van der Waals surface area contributed by atoms with Crippen LogP contribution in [0.5, 0.6) is 0 Å². The Morgan fingerprint density at radius 2 is 2.08 bits per heavy atom. The molecule has 4 heteroatoms. The predicted octanol–water partition coefficient (Wildman–Crippen LogP) is 3.54. The summed E-state index contributed by atoms with van der Waals surface area (Å²) in [4.78, 5) is 12.0. The van der Waals surface area contributed by atoms with E-state index in [2.05, 4.69) is 20.1 Å². The van der Waals surface area contributed by atoms with Crippen molar-refractivity contribution >= 4 is 5.97 Å². The molecular weight excluding hydrogens is 304 g/mol. The van der Waals surface area contributed by atoms with Crippen molar-refractivity contribution in [3.8, 4) is 0 Å².